The van der Waals surface area contributed by atoms with Crippen LogP contribution in [0.15, 0.2) is 23.1 Å². The summed E-state index contributed by atoms with van der Waals surface area (Å²) in [6.07, 6.45) is 8.99. The van der Waals surface area contributed by atoms with E-state index in [1.807, 2.05) is 22.8 Å². The lowest BCUT2D eigenvalue weighted by Gasteiger charge is -2.36. The molecule has 2 fully saturated rings. The van der Waals surface area contributed by atoms with Gasteiger partial charge in [0.15, 0.2) is 0 Å². The van der Waals surface area contributed by atoms with Gasteiger partial charge in [0.2, 0.25) is 5.91 Å². The van der Waals surface area contributed by atoms with Gasteiger partial charge >= 0.3 is 0 Å². The fraction of sp³-hybridized carbons (Fsp3) is 0.560. The minimum absolute atomic E-state index is 0.0825. The van der Waals surface area contributed by atoms with Gasteiger partial charge in [-0.1, -0.05) is 12.8 Å². The molecule has 2 aliphatic heterocycles. The van der Waals surface area contributed by atoms with Crippen molar-refractivity contribution in [3.63, 3.8) is 0 Å². The van der Waals surface area contributed by atoms with Crippen LogP contribution in [-0.2, 0) is 17.8 Å². The zero-order valence-electron chi connectivity index (χ0n) is 19.2. The number of aromatic amines is 1. The number of rotatable bonds is 3. The smallest absolute Gasteiger partial charge is 0.256 e. The molecule has 1 saturated heterocycles. The van der Waals surface area contributed by atoms with Crippen molar-refractivity contribution in [2.24, 2.45) is 5.92 Å². The third-order valence-corrected chi connectivity index (χ3v) is 7.34. The van der Waals surface area contributed by atoms with E-state index in [4.69, 9.17) is 4.98 Å². The monoisotopic (exact) mass is 449 g/mol. The highest BCUT2D eigenvalue weighted by molar-refractivity contribution is 5.94. The number of hydrogen-bond acceptors (Lipinski definition) is 5. The maximum absolute atomic E-state index is 13.2. The van der Waals surface area contributed by atoms with Gasteiger partial charge < -0.3 is 14.8 Å². The molecule has 33 heavy (non-hydrogen) atoms. The van der Waals surface area contributed by atoms with E-state index in [1.165, 1.54) is 0 Å². The Balaban J connectivity index is 1.38. The number of nitrogens with zero attached hydrogens (tertiary/aromatic N) is 4. The summed E-state index contributed by atoms with van der Waals surface area (Å²) < 4.78 is 0. The summed E-state index contributed by atoms with van der Waals surface area (Å²) >= 11 is 0. The SMILES string of the molecule is Cc1ccc(C(=O)N2CCCC[C@@H]2c2nc3c(c(=O)[nH]2)CN(C(=O)C2CCCC2)CC3)cn1. The first kappa shape index (κ1) is 21.8. The van der Waals surface area contributed by atoms with E-state index in [9.17, 15) is 14.4 Å². The van der Waals surface area contributed by atoms with Crippen LogP contribution >= 0.6 is 0 Å². The van der Waals surface area contributed by atoms with Crippen LogP contribution in [0.25, 0.3) is 0 Å². The Hall–Kier alpha value is -3.03. The molecule has 2 aromatic heterocycles. The fourth-order valence-electron chi connectivity index (χ4n) is 5.44. The normalized spacial score (nSPS) is 21.2. The van der Waals surface area contributed by atoms with E-state index < -0.39 is 0 Å². The van der Waals surface area contributed by atoms with Gasteiger partial charge in [-0.3, -0.25) is 19.4 Å². The average molecular weight is 450 g/mol. The molecule has 5 rings (SSSR count). The van der Waals surface area contributed by atoms with Crippen molar-refractivity contribution in [3.8, 4) is 0 Å². The molecule has 1 aliphatic carbocycles. The first-order valence-electron chi connectivity index (χ1n) is 12.2. The molecule has 8 nitrogen and oxygen atoms in total. The molecule has 2 aromatic rings. The van der Waals surface area contributed by atoms with Crippen molar-refractivity contribution in [3.05, 3.63) is 57.0 Å². The van der Waals surface area contributed by atoms with E-state index in [-0.39, 0.29) is 29.3 Å². The van der Waals surface area contributed by atoms with Gasteiger partial charge in [0.1, 0.15) is 5.82 Å². The number of hydrogen-bond donors (Lipinski definition) is 1. The Kier molecular flexibility index (Phi) is 6.00. The summed E-state index contributed by atoms with van der Waals surface area (Å²) in [6, 6.07) is 3.38. The molecular formula is C25H31N5O3. The van der Waals surface area contributed by atoms with Crippen molar-refractivity contribution in [1.29, 1.82) is 0 Å². The molecule has 1 atom stereocenters. The molecule has 0 aromatic carbocycles. The van der Waals surface area contributed by atoms with Crippen molar-refractivity contribution in [2.75, 3.05) is 13.1 Å². The molecular weight excluding hydrogens is 418 g/mol. The Morgan fingerprint density at radius 2 is 1.85 bits per heavy atom. The van der Waals surface area contributed by atoms with E-state index >= 15 is 0 Å². The highest BCUT2D eigenvalue weighted by Crippen LogP contribution is 2.31. The lowest BCUT2D eigenvalue weighted by atomic mass is 9.99. The average Bonchev–Trinajstić information content (AvgIpc) is 3.38. The van der Waals surface area contributed by atoms with Gasteiger partial charge in [-0.05, 0) is 51.2 Å². The van der Waals surface area contributed by atoms with E-state index in [0.717, 1.165) is 56.3 Å². The predicted molar refractivity (Wildman–Crippen MR) is 123 cm³/mol. The van der Waals surface area contributed by atoms with Crippen LogP contribution in [0.4, 0.5) is 0 Å². The zero-order valence-corrected chi connectivity index (χ0v) is 19.2. The van der Waals surface area contributed by atoms with Gasteiger partial charge in [0, 0.05) is 37.3 Å². The van der Waals surface area contributed by atoms with E-state index in [0.29, 0.717) is 43.0 Å². The highest BCUT2D eigenvalue weighted by atomic mass is 16.2. The number of pyridine rings is 1. The van der Waals surface area contributed by atoms with Gasteiger partial charge in [-0.2, -0.15) is 0 Å². The number of nitrogens with one attached hydrogen (secondary N) is 1. The second-order valence-corrected chi connectivity index (χ2v) is 9.57. The molecule has 1 N–H and O–H groups in total. The van der Waals surface area contributed by atoms with Crippen molar-refractivity contribution < 1.29 is 9.59 Å². The van der Waals surface area contributed by atoms with Crippen LogP contribution in [0.5, 0.6) is 0 Å². The van der Waals surface area contributed by atoms with Crippen LogP contribution in [-0.4, -0.2) is 49.7 Å². The summed E-state index contributed by atoms with van der Waals surface area (Å²) in [6.45, 7) is 3.44. The van der Waals surface area contributed by atoms with Crippen molar-refractivity contribution in [1.82, 2.24) is 24.8 Å². The minimum Gasteiger partial charge on any atom is -0.337 e. The van der Waals surface area contributed by atoms with E-state index in [1.54, 1.807) is 12.3 Å². The molecule has 0 radical (unpaired) electrons. The van der Waals surface area contributed by atoms with Gasteiger partial charge in [0.05, 0.1) is 29.4 Å². The van der Waals surface area contributed by atoms with Crippen LogP contribution in [0.2, 0.25) is 0 Å². The van der Waals surface area contributed by atoms with Crippen LogP contribution in [0.3, 0.4) is 0 Å². The van der Waals surface area contributed by atoms with Gasteiger partial charge in [-0.25, -0.2) is 4.98 Å². The molecule has 4 heterocycles. The number of aryl methyl sites for hydroxylation is 1. The molecule has 0 bridgehead atoms. The lowest BCUT2D eigenvalue weighted by Crippen LogP contribution is -2.43. The van der Waals surface area contributed by atoms with Crippen LogP contribution in [0.1, 0.15) is 84.1 Å². The largest absolute Gasteiger partial charge is 0.337 e. The quantitative estimate of drug-likeness (QED) is 0.777. The first-order chi connectivity index (χ1) is 16.0. The summed E-state index contributed by atoms with van der Waals surface area (Å²) in [5.74, 6) is 0.761. The second-order valence-electron chi connectivity index (χ2n) is 9.57. The number of likely N-dealkylation sites (tertiary alicyclic amines) is 1. The Morgan fingerprint density at radius 3 is 2.61 bits per heavy atom. The zero-order chi connectivity index (χ0) is 22.9. The molecule has 0 spiro atoms. The standard InChI is InChI=1S/C25H31N5O3/c1-16-9-10-18(14-26-16)25(33)30-12-5-4-8-21(30)22-27-20-11-13-29(15-19(20)23(31)28-22)24(32)17-6-2-3-7-17/h9-10,14,17,21H,2-8,11-13,15H2,1H3,(H,27,28,31)/t21-/m1/s1. The summed E-state index contributed by atoms with van der Waals surface area (Å²) in [5, 5.41) is 0. The summed E-state index contributed by atoms with van der Waals surface area (Å²) in [7, 11) is 0. The van der Waals surface area contributed by atoms with Crippen molar-refractivity contribution >= 4 is 11.8 Å². The molecule has 0 unspecified atom stereocenters. The molecule has 3 aliphatic rings. The maximum Gasteiger partial charge on any atom is 0.256 e. The number of carbonyl (C=O) groups excluding carboxylic acids is 2. The Labute approximate surface area is 193 Å². The molecule has 8 heteroatoms. The van der Waals surface area contributed by atoms with Gasteiger partial charge in [0.25, 0.3) is 11.5 Å². The predicted octanol–water partition coefficient (Wildman–Crippen LogP) is 2.92. The second kappa shape index (κ2) is 9.08. The number of fused-ring (bicyclic) bond motifs is 1. The molecule has 2 amide bonds. The number of piperidine rings is 1. The Morgan fingerprint density at radius 1 is 1.06 bits per heavy atom. The van der Waals surface area contributed by atoms with Gasteiger partial charge in [-0.15, -0.1) is 0 Å². The third-order valence-electron chi connectivity index (χ3n) is 7.34. The Bertz CT molecular complexity index is 1100. The first-order valence-corrected chi connectivity index (χ1v) is 12.2. The molecule has 174 valence electrons. The number of aromatic nitrogens is 3. The lowest BCUT2D eigenvalue weighted by molar-refractivity contribution is -0.136. The number of carbonyl (C=O) groups is 2. The highest BCUT2D eigenvalue weighted by Gasteiger charge is 2.34. The minimum atomic E-state index is -0.260. The summed E-state index contributed by atoms with van der Waals surface area (Å²) in [4.78, 5) is 54.8. The number of H-pyrrole nitrogens is 1. The topological polar surface area (TPSA) is 99.3 Å². The van der Waals surface area contributed by atoms with Crippen LogP contribution in [0, 0.1) is 12.8 Å². The van der Waals surface area contributed by atoms with Crippen LogP contribution < -0.4 is 5.56 Å². The maximum atomic E-state index is 13.2. The summed E-state index contributed by atoms with van der Waals surface area (Å²) in [5.41, 5.74) is 2.58. The third kappa shape index (κ3) is 4.30. The molecule has 1 saturated carbocycles. The fourth-order valence-corrected chi connectivity index (χ4v) is 5.44. The van der Waals surface area contributed by atoms with E-state index in [2.05, 4.69) is 9.97 Å². The number of amides is 2. The van der Waals surface area contributed by atoms with Crippen molar-refractivity contribution in [2.45, 2.75) is 70.9 Å².